The number of nitrogens with zero attached hydrogens (tertiary/aromatic N) is 4. The number of hydrogen-bond acceptors (Lipinski definition) is 8. The topological polar surface area (TPSA) is 119 Å². The maximum Gasteiger partial charge on any atom is 0.297 e. The number of rotatable bonds is 5. The predicted octanol–water partition coefficient (Wildman–Crippen LogP) is 5.12. The maximum atomic E-state index is 13.7. The molecule has 0 saturated carbocycles. The number of amides is 1. The zero-order valence-corrected chi connectivity index (χ0v) is 20.4. The number of anilines is 1. The quantitative estimate of drug-likeness (QED) is 0.281. The molecule has 4 aromatic rings. The van der Waals surface area contributed by atoms with Crippen LogP contribution >= 0.6 is 11.3 Å². The molecule has 5 rings (SSSR count). The van der Waals surface area contributed by atoms with Gasteiger partial charge in [-0.25, -0.2) is 0 Å². The summed E-state index contributed by atoms with van der Waals surface area (Å²) in [5.74, 6) is -0.185. The molecule has 9 nitrogen and oxygen atoms in total. The summed E-state index contributed by atoms with van der Waals surface area (Å²) < 4.78 is 6.03. The minimum absolute atomic E-state index is 0.0466. The number of nitro groups is 1. The third-order valence-corrected chi connectivity index (χ3v) is 7.10. The second kappa shape index (κ2) is 8.38. The fourth-order valence-corrected chi connectivity index (χ4v) is 5.37. The largest absolute Gasteiger partial charge is 0.450 e. The van der Waals surface area contributed by atoms with Gasteiger partial charge in [-0.3, -0.25) is 24.6 Å². The molecular weight excluding hydrogens is 468 g/mol. The van der Waals surface area contributed by atoms with Crippen molar-refractivity contribution in [3.05, 3.63) is 89.8 Å². The van der Waals surface area contributed by atoms with Crippen molar-refractivity contribution in [3.8, 4) is 0 Å². The monoisotopic (exact) mass is 490 g/mol. The number of aromatic nitrogens is 2. The van der Waals surface area contributed by atoms with Gasteiger partial charge in [0.2, 0.25) is 10.9 Å². The number of benzene rings is 2. The molecule has 0 radical (unpaired) electrons. The average molecular weight is 491 g/mol. The molecule has 178 valence electrons. The van der Waals surface area contributed by atoms with Gasteiger partial charge in [-0.15, -0.1) is 10.2 Å². The number of fused-ring (bicyclic) bond motifs is 2. The first-order valence-electron chi connectivity index (χ1n) is 11.1. The Hall–Kier alpha value is -3.92. The lowest BCUT2D eigenvalue weighted by Gasteiger charge is -2.22. The Kier molecular flexibility index (Phi) is 5.47. The highest BCUT2D eigenvalue weighted by Crippen LogP contribution is 2.42. The number of carbonyl (C=O) groups is 1. The van der Waals surface area contributed by atoms with Crippen molar-refractivity contribution in [3.63, 3.8) is 0 Å². The van der Waals surface area contributed by atoms with Crippen LogP contribution in [0.1, 0.15) is 57.7 Å². The third kappa shape index (κ3) is 3.79. The van der Waals surface area contributed by atoms with Crippen molar-refractivity contribution < 1.29 is 14.1 Å². The van der Waals surface area contributed by atoms with Gasteiger partial charge in [-0.1, -0.05) is 25.2 Å². The van der Waals surface area contributed by atoms with Gasteiger partial charge in [-0.05, 0) is 60.7 Å². The predicted molar refractivity (Wildman–Crippen MR) is 132 cm³/mol. The van der Waals surface area contributed by atoms with E-state index in [9.17, 15) is 19.7 Å². The molecule has 0 bridgehead atoms. The molecule has 2 aromatic heterocycles. The number of aryl methyl sites for hydroxylation is 2. The van der Waals surface area contributed by atoms with Crippen LogP contribution < -0.4 is 10.3 Å². The minimum atomic E-state index is -0.847. The SMILES string of the molecule is Cc1cc2oc3c(c(=O)c2cc1C)C(c1ccc([N+](=O)[O-])cc1)N(c1nnc(CC(C)C)s1)C3=O. The number of carbonyl (C=O) groups excluding carboxylic acids is 1. The van der Waals surface area contributed by atoms with Gasteiger partial charge < -0.3 is 4.42 Å². The van der Waals surface area contributed by atoms with Crippen LogP contribution in [0, 0.1) is 29.9 Å². The van der Waals surface area contributed by atoms with Crippen LogP contribution in [-0.4, -0.2) is 21.0 Å². The third-order valence-electron chi connectivity index (χ3n) is 6.15. The van der Waals surface area contributed by atoms with Crippen LogP contribution in [0.5, 0.6) is 0 Å². The molecule has 1 unspecified atom stereocenters. The lowest BCUT2D eigenvalue weighted by atomic mass is 9.97. The van der Waals surface area contributed by atoms with Crippen LogP contribution in [0.15, 0.2) is 45.6 Å². The van der Waals surface area contributed by atoms with Crippen LogP contribution in [0.4, 0.5) is 10.8 Å². The Morgan fingerprint density at radius 3 is 2.46 bits per heavy atom. The second-order valence-electron chi connectivity index (χ2n) is 9.11. The molecule has 3 heterocycles. The van der Waals surface area contributed by atoms with E-state index in [-0.39, 0.29) is 22.4 Å². The number of non-ortho nitro benzene ring substituents is 1. The van der Waals surface area contributed by atoms with Crippen molar-refractivity contribution in [2.24, 2.45) is 5.92 Å². The molecule has 0 saturated heterocycles. The van der Waals surface area contributed by atoms with E-state index in [2.05, 4.69) is 24.0 Å². The van der Waals surface area contributed by atoms with Gasteiger partial charge in [-0.2, -0.15) is 0 Å². The Morgan fingerprint density at radius 2 is 1.80 bits per heavy atom. The van der Waals surface area contributed by atoms with Gasteiger partial charge in [0.25, 0.3) is 11.6 Å². The summed E-state index contributed by atoms with van der Waals surface area (Å²) >= 11 is 1.29. The lowest BCUT2D eigenvalue weighted by Crippen LogP contribution is -2.29. The first-order chi connectivity index (χ1) is 16.7. The molecular formula is C25H22N4O5S. The molecule has 2 aromatic carbocycles. The van der Waals surface area contributed by atoms with E-state index in [1.54, 1.807) is 24.3 Å². The Labute approximate surface area is 204 Å². The summed E-state index contributed by atoms with van der Waals surface area (Å²) in [6.07, 6.45) is 0.703. The Bertz CT molecular complexity index is 1550. The second-order valence-corrected chi connectivity index (χ2v) is 10.1. The van der Waals surface area contributed by atoms with E-state index in [1.165, 1.54) is 28.4 Å². The minimum Gasteiger partial charge on any atom is -0.450 e. The van der Waals surface area contributed by atoms with Crippen LogP contribution in [0.25, 0.3) is 11.0 Å². The molecule has 10 heteroatoms. The Morgan fingerprint density at radius 1 is 1.11 bits per heavy atom. The molecule has 0 fully saturated rings. The summed E-state index contributed by atoms with van der Waals surface area (Å²) in [7, 11) is 0. The van der Waals surface area contributed by atoms with Crippen molar-refractivity contribution in [1.29, 1.82) is 0 Å². The van der Waals surface area contributed by atoms with Crippen LogP contribution in [0.3, 0.4) is 0 Å². The van der Waals surface area contributed by atoms with E-state index in [0.717, 1.165) is 16.1 Å². The van der Waals surface area contributed by atoms with E-state index in [4.69, 9.17) is 4.42 Å². The summed E-state index contributed by atoms with van der Waals surface area (Å²) in [6, 6.07) is 8.50. The zero-order chi connectivity index (χ0) is 25.0. The molecule has 1 amide bonds. The smallest absolute Gasteiger partial charge is 0.297 e. The van der Waals surface area contributed by atoms with Crippen molar-refractivity contribution in [1.82, 2.24) is 10.2 Å². The highest BCUT2D eigenvalue weighted by Gasteiger charge is 2.45. The first-order valence-corrected chi connectivity index (χ1v) is 12.0. The molecule has 0 spiro atoms. The van der Waals surface area contributed by atoms with E-state index >= 15 is 0 Å². The van der Waals surface area contributed by atoms with Gasteiger partial charge in [0.05, 0.1) is 21.9 Å². The normalized spacial score (nSPS) is 15.3. The molecule has 35 heavy (non-hydrogen) atoms. The van der Waals surface area contributed by atoms with Crippen molar-refractivity contribution >= 4 is 39.0 Å². The first kappa shape index (κ1) is 22.9. The number of nitro benzene ring substituents is 1. The highest BCUT2D eigenvalue weighted by molar-refractivity contribution is 7.15. The van der Waals surface area contributed by atoms with E-state index in [0.29, 0.717) is 34.0 Å². The molecule has 1 aliphatic heterocycles. The van der Waals surface area contributed by atoms with Gasteiger partial charge in [0.1, 0.15) is 10.6 Å². The average Bonchev–Trinajstić information content (AvgIpc) is 3.37. The van der Waals surface area contributed by atoms with Crippen molar-refractivity contribution in [2.75, 3.05) is 4.90 Å². The highest BCUT2D eigenvalue weighted by atomic mass is 32.1. The maximum absolute atomic E-state index is 13.7. The van der Waals surface area contributed by atoms with Crippen LogP contribution in [-0.2, 0) is 6.42 Å². The fourth-order valence-electron chi connectivity index (χ4n) is 4.29. The zero-order valence-electron chi connectivity index (χ0n) is 19.6. The number of hydrogen-bond donors (Lipinski definition) is 0. The van der Waals surface area contributed by atoms with E-state index in [1.807, 2.05) is 13.8 Å². The van der Waals surface area contributed by atoms with Gasteiger partial charge in [0, 0.05) is 18.6 Å². The van der Waals surface area contributed by atoms with Gasteiger partial charge in [0.15, 0.2) is 5.43 Å². The van der Waals surface area contributed by atoms with Crippen molar-refractivity contribution in [2.45, 2.75) is 40.2 Å². The standard InChI is InChI=1S/C25H22N4O5S/c1-12(2)9-19-26-27-25(35-19)28-21(15-5-7-16(8-6-15)29(32)33)20-22(30)17-10-13(3)14(4)11-18(17)34-23(20)24(28)31/h5-8,10-12,21H,9H2,1-4H3. The van der Waals surface area contributed by atoms with Gasteiger partial charge >= 0.3 is 0 Å². The summed E-state index contributed by atoms with van der Waals surface area (Å²) in [6.45, 7) is 7.95. The summed E-state index contributed by atoms with van der Waals surface area (Å²) in [5.41, 5.74) is 2.55. The summed E-state index contributed by atoms with van der Waals surface area (Å²) in [5, 5.41) is 21.2. The van der Waals surface area contributed by atoms with E-state index < -0.39 is 16.9 Å². The molecule has 1 aliphatic rings. The molecule has 0 N–H and O–H groups in total. The summed E-state index contributed by atoms with van der Waals surface area (Å²) in [4.78, 5) is 39.5. The van der Waals surface area contributed by atoms with Crippen LogP contribution in [0.2, 0.25) is 0 Å². The Balaban J connectivity index is 1.74. The lowest BCUT2D eigenvalue weighted by molar-refractivity contribution is -0.384. The molecule has 1 atom stereocenters. The molecule has 0 aliphatic carbocycles. The fraction of sp³-hybridized carbons (Fsp3) is 0.280.